The molecule has 0 radical (unpaired) electrons. The van der Waals surface area contributed by atoms with Crippen LogP contribution in [0, 0.1) is 5.92 Å². The Morgan fingerprint density at radius 1 is 1.21 bits per heavy atom. The molecule has 1 N–H and O–H groups in total. The first-order valence-electron chi connectivity index (χ1n) is 7.81. The predicted molar refractivity (Wildman–Crippen MR) is 81.7 cm³/mol. The van der Waals surface area contributed by atoms with Crippen LogP contribution in [0.3, 0.4) is 0 Å². The zero-order valence-electron chi connectivity index (χ0n) is 12.2. The summed E-state index contributed by atoms with van der Waals surface area (Å²) in [6.45, 7) is 8.32. The van der Waals surface area contributed by atoms with Crippen molar-refractivity contribution in [1.82, 2.24) is 4.90 Å². The molecule has 104 valence electrons. The number of nitrogens with one attached hydrogen (secondary N) is 1. The summed E-state index contributed by atoms with van der Waals surface area (Å²) in [6.07, 6.45) is 4.11. The lowest BCUT2D eigenvalue weighted by Crippen LogP contribution is -2.35. The van der Waals surface area contributed by atoms with Crippen molar-refractivity contribution in [3.05, 3.63) is 29.8 Å². The molecule has 19 heavy (non-hydrogen) atoms. The van der Waals surface area contributed by atoms with Crippen molar-refractivity contribution in [3.8, 4) is 0 Å². The maximum atomic E-state index is 3.53. The molecule has 1 heterocycles. The van der Waals surface area contributed by atoms with Gasteiger partial charge in [0.25, 0.3) is 0 Å². The molecular weight excluding hydrogens is 232 g/mol. The smallest absolute Gasteiger partial charge is 0.0376 e. The highest BCUT2D eigenvalue weighted by Crippen LogP contribution is 2.35. The maximum absolute atomic E-state index is 3.53. The number of benzene rings is 1. The van der Waals surface area contributed by atoms with Gasteiger partial charge in [-0.1, -0.05) is 32.0 Å². The summed E-state index contributed by atoms with van der Waals surface area (Å²) in [5, 5.41) is 3.53. The lowest BCUT2D eigenvalue weighted by atomic mass is 9.90. The molecule has 0 spiro atoms. The number of nitrogens with zero attached hydrogens (tertiary/aromatic N) is 1. The maximum Gasteiger partial charge on any atom is 0.0376 e. The zero-order chi connectivity index (χ0) is 13.2. The van der Waals surface area contributed by atoms with Gasteiger partial charge in [-0.3, -0.25) is 4.90 Å². The number of hydrogen-bond acceptors (Lipinski definition) is 2. The molecule has 2 nitrogen and oxygen atoms in total. The molecule has 2 heteroatoms. The Bertz CT molecular complexity index is 423. The molecule has 1 aromatic carbocycles. The van der Waals surface area contributed by atoms with Crippen LogP contribution in [-0.4, -0.2) is 30.6 Å². The summed E-state index contributed by atoms with van der Waals surface area (Å²) in [4.78, 5) is 2.75. The van der Waals surface area contributed by atoms with E-state index < -0.39 is 0 Å². The van der Waals surface area contributed by atoms with E-state index in [1.807, 2.05) is 0 Å². The monoisotopic (exact) mass is 258 g/mol. The number of para-hydroxylation sites is 1. The normalized spacial score (nSPS) is 22.4. The van der Waals surface area contributed by atoms with E-state index in [9.17, 15) is 0 Å². The highest BCUT2D eigenvalue weighted by Gasteiger charge is 2.32. The Balaban J connectivity index is 1.72. The molecule has 2 aliphatic rings. The minimum Gasteiger partial charge on any atom is -0.385 e. The minimum atomic E-state index is 0.719. The molecule has 0 amide bonds. The van der Waals surface area contributed by atoms with Crippen molar-refractivity contribution in [2.75, 3.05) is 25.0 Å². The Labute approximate surface area is 117 Å². The molecule has 1 aliphatic carbocycles. The van der Waals surface area contributed by atoms with Gasteiger partial charge in [0.1, 0.15) is 0 Å². The van der Waals surface area contributed by atoms with Gasteiger partial charge in [0.05, 0.1) is 0 Å². The van der Waals surface area contributed by atoms with E-state index in [4.69, 9.17) is 0 Å². The SMILES string of the molecule is CC(C)CN(CC1CCNc2ccccc21)C1CC1. The van der Waals surface area contributed by atoms with E-state index in [0.29, 0.717) is 0 Å². The van der Waals surface area contributed by atoms with Crippen LogP contribution in [0.25, 0.3) is 0 Å². The van der Waals surface area contributed by atoms with E-state index >= 15 is 0 Å². The van der Waals surface area contributed by atoms with Crippen LogP contribution in [0.15, 0.2) is 24.3 Å². The van der Waals surface area contributed by atoms with Crippen molar-refractivity contribution < 1.29 is 0 Å². The van der Waals surface area contributed by atoms with Gasteiger partial charge >= 0.3 is 0 Å². The average Bonchev–Trinajstić information content (AvgIpc) is 3.22. The highest BCUT2D eigenvalue weighted by molar-refractivity contribution is 5.54. The van der Waals surface area contributed by atoms with Crippen LogP contribution in [0.4, 0.5) is 5.69 Å². The Hall–Kier alpha value is -1.02. The van der Waals surface area contributed by atoms with E-state index in [2.05, 4.69) is 48.3 Å². The predicted octanol–water partition coefficient (Wildman–Crippen LogP) is 3.71. The van der Waals surface area contributed by atoms with Gasteiger partial charge in [0.15, 0.2) is 0 Å². The van der Waals surface area contributed by atoms with Crippen LogP contribution in [0.2, 0.25) is 0 Å². The standard InChI is InChI=1S/C17H26N2/c1-13(2)11-19(15-7-8-15)12-14-9-10-18-17-6-4-3-5-16(14)17/h3-6,13-15,18H,7-12H2,1-2H3. The summed E-state index contributed by atoms with van der Waals surface area (Å²) in [5.74, 6) is 1.49. The second kappa shape index (κ2) is 5.54. The average molecular weight is 258 g/mol. The van der Waals surface area contributed by atoms with Gasteiger partial charge in [0, 0.05) is 37.3 Å². The van der Waals surface area contributed by atoms with Gasteiger partial charge in [-0.2, -0.15) is 0 Å². The molecule has 3 rings (SSSR count). The third-order valence-electron chi connectivity index (χ3n) is 4.33. The van der Waals surface area contributed by atoms with Crippen molar-refractivity contribution in [2.24, 2.45) is 5.92 Å². The van der Waals surface area contributed by atoms with Gasteiger partial charge in [-0.25, -0.2) is 0 Å². The molecular formula is C17H26N2. The number of anilines is 1. The summed E-state index contributed by atoms with van der Waals surface area (Å²) in [7, 11) is 0. The summed E-state index contributed by atoms with van der Waals surface area (Å²) in [5.41, 5.74) is 2.89. The van der Waals surface area contributed by atoms with Gasteiger partial charge in [0.2, 0.25) is 0 Å². The largest absolute Gasteiger partial charge is 0.385 e. The second-order valence-electron chi connectivity index (χ2n) is 6.58. The molecule has 1 atom stereocenters. The molecule has 0 saturated heterocycles. The lowest BCUT2D eigenvalue weighted by Gasteiger charge is -2.33. The van der Waals surface area contributed by atoms with Gasteiger partial charge < -0.3 is 5.32 Å². The van der Waals surface area contributed by atoms with Gasteiger partial charge in [-0.05, 0) is 36.8 Å². The minimum absolute atomic E-state index is 0.719. The fourth-order valence-corrected chi connectivity index (χ4v) is 3.30. The zero-order valence-corrected chi connectivity index (χ0v) is 12.2. The molecule has 0 bridgehead atoms. The first-order valence-corrected chi connectivity index (χ1v) is 7.81. The quantitative estimate of drug-likeness (QED) is 0.866. The van der Waals surface area contributed by atoms with Crippen molar-refractivity contribution in [3.63, 3.8) is 0 Å². The van der Waals surface area contributed by atoms with Crippen LogP contribution < -0.4 is 5.32 Å². The molecule has 1 fully saturated rings. The van der Waals surface area contributed by atoms with Crippen LogP contribution >= 0.6 is 0 Å². The van der Waals surface area contributed by atoms with E-state index in [1.54, 1.807) is 0 Å². The molecule has 1 aliphatic heterocycles. The fourth-order valence-electron chi connectivity index (χ4n) is 3.30. The van der Waals surface area contributed by atoms with Crippen LogP contribution in [0.5, 0.6) is 0 Å². The van der Waals surface area contributed by atoms with Crippen molar-refractivity contribution >= 4 is 5.69 Å². The lowest BCUT2D eigenvalue weighted by molar-refractivity contribution is 0.217. The van der Waals surface area contributed by atoms with Crippen molar-refractivity contribution in [1.29, 1.82) is 0 Å². The summed E-state index contributed by atoms with van der Waals surface area (Å²) < 4.78 is 0. The summed E-state index contributed by atoms with van der Waals surface area (Å²) in [6, 6.07) is 9.74. The van der Waals surface area contributed by atoms with E-state index in [0.717, 1.165) is 24.4 Å². The molecule has 0 aromatic heterocycles. The third-order valence-corrected chi connectivity index (χ3v) is 4.33. The van der Waals surface area contributed by atoms with Crippen LogP contribution in [0.1, 0.15) is 44.6 Å². The Kier molecular flexibility index (Phi) is 3.79. The Morgan fingerprint density at radius 2 is 2.00 bits per heavy atom. The van der Waals surface area contributed by atoms with Gasteiger partial charge in [-0.15, -0.1) is 0 Å². The fraction of sp³-hybridized carbons (Fsp3) is 0.647. The van der Waals surface area contributed by atoms with Crippen molar-refractivity contribution in [2.45, 2.75) is 45.1 Å². The first kappa shape index (κ1) is 13.0. The topological polar surface area (TPSA) is 15.3 Å². The molecule has 1 unspecified atom stereocenters. The van der Waals surface area contributed by atoms with Crippen LogP contribution in [-0.2, 0) is 0 Å². The number of rotatable bonds is 5. The number of fused-ring (bicyclic) bond motifs is 1. The second-order valence-corrected chi connectivity index (χ2v) is 6.58. The van der Waals surface area contributed by atoms with E-state index in [1.165, 1.54) is 43.6 Å². The Morgan fingerprint density at radius 3 is 2.74 bits per heavy atom. The van der Waals surface area contributed by atoms with E-state index in [-0.39, 0.29) is 0 Å². The number of hydrogen-bond donors (Lipinski definition) is 1. The summed E-state index contributed by atoms with van der Waals surface area (Å²) >= 11 is 0. The molecule has 1 aromatic rings. The third kappa shape index (κ3) is 3.11. The first-order chi connectivity index (χ1) is 9.24. The highest BCUT2D eigenvalue weighted by atomic mass is 15.2. The molecule has 1 saturated carbocycles.